The second kappa shape index (κ2) is 8.90. The standard InChI is InChI=1S/C14H31N3/c1-4-16-11-6-9-15(3)10-7-12-17(5-2)14-8-13-16/h4-14H2,1-3H3. The molecule has 1 heterocycles. The molecule has 1 aliphatic heterocycles. The van der Waals surface area contributed by atoms with Crippen molar-refractivity contribution in [2.45, 2.75) is 33.1 Å². The minimum atomic E-state index is 1.20. The third-order valence-electron chi connectivity index (χ3n) is 3.87. The molecule has 0 amide bonds. The molecule has 0 aliphatic carbocycles. The first kappa shape index (κ1) is 14.9. The van der Waals surface area contributed by atoms with Gasteiger partial charge in [0, 0.05) is 0 Å². The smallest absolute Gasteiger partial charge is 0.000665 e. The molecular formula is C14H31N3. The van der Waals surface area contributed by atoms with E-state index in [1.165, 1.54) is 71.6 Å². The van der Waals surface area contributed by atoms with E-state index in [1.807, 2.05) is 0 Å². The molecule has 0 aromatic rings. The third kappa shape index (κ3) is 6.39. The average Bonchev–Trinajstić information content (AvgIpc) is 2.33. The molecule has 1 fully saturated rings. The topological polar surface area (TPSA) is 9.72 Å². The lowest BCUT2D eigenvalue weighted by Crippen LogP contribution is -2.35. The monoisotopic (exact) mass is 241 g/mol. The molecule has 0 bridgehead atoms. The molecule has 3 nitrogen and oxygen atoms in total. The highest BCUT2D eigenvalue weighted by molar-refractivity contribution is 4.64. The normalized spacial score (nSPS) is 24.2. The Hall–Kier alpha value is -0.120. The fourth-order valence-corrected chi connectivity index (χ4v) is 2.61. The third-order valence-corrected chi connectivity index (χ3v) is 3.87. The Morgan fingerprint density at radius 2 is 1.00 bits per heavy atom. The van der Waals surface area contributed by atoms with E-state index in [-0.39, 0.29) is 0 Å². The summed E-state index contributed by atoms with van der Waals surface area (Å²) in [7, 11) is 2.26. The summed E-state index contributed by atoms with van der Waals surface area (Å²) in [5.41, 5.74) is 0. The minimum absolute atomic E-state index is 1.20. The van der Waals surface area contributed by atoms with Crippen LogP contribution in [0.15, 0.2) is 0 Å². The van der Waals surface area contributed by atoms with E-state index in [0.29, 0.717) is 0 Å². The molecule has 17 heavy (non-hydrogen) atoms. The van der Waals surface area contributed by atoms with E-state index in [4.69, 9.17) is 0 Å². The van der Waals surface area contributed by atoms with E-state index < -0.39 is 0 Å². The minimum Gasteiger partial charge on any atom is -0.306 e. The maximum Gasteiger partial charge on any atom is -0.000665 e. The molecule has 0 aromatic heterocycles. The molecule has 1 aliphatic rings. The number of hydrogen-bond donors (Lipinski definition) is 0. The van der Waals surface area contributed by atoms with Crippen LogP contribution in [0, 0.1) is 0 Å². The highest BCUT2D eigenvalue weighted by atomic mass is 15.2. The Balaban J connectivity index is 2.39. The van der Waals surface area contributed by atoms with Crippen LogP contribution in [0.4, 0.5) is 0 Å². The molecular weight excluding hydrogens is 210 g/mol. The van der Waals surface area contributed by atoms with E-state index in [9.17, 15) is 0 Å². The van der Waals surface area contributed by atoms with Crippen molar-refractivity contribution >= 4 is 0 Å². The van der Waals surface area contributed by atoms with Gasteiger partial charge in [-0.1, -0.05) is 13.8 Å². The first-order valence-electron chi connectivity index (χ1n) is 7.39. The summed E-state index contributed by atoms with van der Waals surface area (Å²) >= 11 is 0. The SMILES string of the molecule is CCN1CCCN(C)CCCN(CC)CCC1. The van der Waals surface area contributed by atoms with Crippen LogP contribution in [0.5, 0.6) is 0 Å². The van der Waals surface area contributed by atoms with Crippen molar-refractivity contribution in [2.24, 2.45) is 0 Å². The van der Waals surface area contributed by atoms with Crippen molar-refractivity contribution in [1.29, 1.82) is 0 Å². The van der Waals surface area contributed by atoms with Gasteiger partial charge in [-0.2, -0.15) is 0 Å². The molecule has 1 saturated heterocycles. The molecule has 0 unspecified atom stereocenters. The van der Waals surface area contributed by atoms with Gasteiger partial charge in [0.25, 0.3) is 0 Å². The van der Waals surface area contributed by atoms with Gasteiger partial charge in [0.1, 0.15) is 0 Å². The van der Waals surface area contributed by atoms with Gasteiger partial charge in [-0.05, 0) is 78.7 Å². The quantitative estimate of drug-likeness (QED) is 0.729. The van der Waals surface area contributed by atoms with Crippen LogP contribution < -0.4 is 0 Å². The average molecular weight is 241 g/mol. The lowest BCUT2D eigenvalue weighted by atomic mass is 10.2. The second-order valence-electron chi connectivity index (χ2n) is 5.23. The summed E-state index contributed by atoms with van der Waals surface area (Å²) < 4.78 is 0. The summed E-state index contributed by atoms with van der Waals surface area (Å²) in [6, 6.07) is 0. The van der Waals surface area contributed by atoms with Crippen LogP contribution in [0.3, 0.4) is 0 Å². The van der Waals surface area contributed by atoms with E-state index in [2.05, 4.69) is 35.6 Å². The lowest BCUT2D eigenvalue weighted by molar-refractivity contribution is 0.202. The number of nitrogens with zero attached hydrogens (tertiary/aromatic N) is 3. The van der Waals surface area contributed by atoms with Gasteiger partial charge in [0.05, 0.1) is 0 Å². The predicted octanol–water partition coefficient (Wildman–Crippen LogP) is 1.75. The maximum absolute atomic E-state index is 2.60. The Kier molecular flexibility index (Phi) is 7.82. The predicted molar refractivity (Wildman–Crippen MR) is 75.6 cm³/mol. The van der Waals surface area contributed by atoms with Crippen molar-refractivity contribution in [3.8, 4) is 0 Å². The number of hydrogen-bond acceptors (Lipinski definition) is 3. The zero-order valence-electron chi connectivity index (χ0n) is 12.1. The van der Waals surface area contributed by atoms with Crippen LogP contribution in [0.1, 0.15) is 33.1 Å². The highest BCUT2D eigenvalue weighted by Crippen LogP contribution is 2.02. The Labute approximate surface area is 108 Å². The van der Waals surface area contributed by atoms with Gasteiger partial charge in [-0.3, -0.25) is 0 Å². The Bertz CT molecular complexity index is 166. The van der Waals surface area contributed by atoms with Crippen molar-refractivity contribution in [2.75, 3.05) is 59.4 Å². The molecule has 102 valence electrons. The molecule has 0 spiro atoms. The zero-order valence-corrected chi connectivity index (χ0v) is 12.1. The summed E-state index contributed by atoms with van der Waals surface area (Å²) in [6.07, 6.45) is 3.97. The Morgan fingerprint density at radius 1 is 0.647 bits per heavy atom. The van der Waals surface area contributed by atoms with Crippen molar-refractivity contribution in [1.82, 2.24) is 14.7 Å². The lowest BCUT2D eigenvalue weighted by Gasteiger charge is -2.27. The van der Waals surface area contributed by atoms with E-state index >= 15 is 0 Å². The van der Waals surface area contributed by atoms with E-state index in [1.54, 1.807) is 0 Å². The van der Waals surface area contributed by atoms with Gasteiger partial charge in [0.2, 0.25) is 0 Å². The van der Waals surface area contributed by atoms with Crippen LogP contribution in [-0.4, -0.2) is 74.1 Å². The van der Waals surface area contributed by atoms with Gasteiger partial charge in [-0.15, -0.1) is 0 Å². The molecule has 0 saturated carbocycles. The summed E-state index contributed by atoms with van der Waals surface area (Å²) in [5.74, 6) is 0. The second-order valence-corrected chi connectivity index (χ2v) is 5.23. The van der Waals surface area contributed by atoms with Crippen LogP contribution in [-0.2, 0) is 0 Å². The molecule has 0 atom stereocenters. The van der Waals surface area contributed by atoms with Crippen molar-refractivity contribution < 1.29 is 0 Å². The molecule has 1 rings (SSSR count). The molecule has 0 N–H and O–H groups in total. The highest BCUT2D eigenvalue weighted by Gasteiger charge is 2.08. The summed E-state index contributed by atoms with van der Waals surface area (Å²) in [6.45, 7) is 14.6. The van der Waals surface area contributed by atoms with Crippen LogP contribution in [0.2, 0.25) is 0 Å². The van der Waals surface area contributed by atoms with E-state index in [0.717, 1.165) is 0 Å². The largest absolute Gasteiger partial charge is 0.306 e. The van der Waals surface area contributed by atoms with Gasteiger partial charge >= 0.3 is 0 Å². The van der Waals surface area contributed by atoms with Crippen molar-refractivity contribution in [3.05, 3.63) is 0 Å². The van der Waals surface area contributed by atoms with Crippen LogP contribution in [0.25, 0.3) is 0 Å². The zero-order chi connectivity index (χ0) is 12.5. The molecule has 0 radical (unpaired) electrons. The Morgan fingerprint density at radius 3 is 1.35 bits per heavy atom. The summed E-state index contributed by atoms with van der Waals surface area (Å²) in [4.78, 5) is 7.69. The fourth-order valence-electron chi connectivity index (χ4n) is 2.61. The molecule has 0 aromatic carbocycles. The van der Waals surface area contributed by atoms with Crippen molar-refractivity contribution in [3.63, 3.8) is 0 Å². The van der Waals surface area contributed by atoms with Gasteiger partial charge in [-0.25, -0.2) is 0 Å². The fraction of sp³-hybridized carbons (Fsp3) is 1.00. The maximum atomic E-state index is 2.60. The van der Waals surface area contributed by atoms with Gasteiger partial charge in [0.15, 0.2) is 0 Å². The number of rotatable bonds is 2. The first-order valence-corrected chi connectivity index (χ1v) is 7.39. The summed E-state index contributed by atoms with van der Waals surface area (Å²) in [5, 5.41) is 0. The van der Waals surface area contributed by atoms with Crippen LogP contribution >= 0.6 is 0 Å². The van der Waals surface area contributed by atoms with Gasteiger partial charge < -0.3 is 14.7 Å². The first-order chi connectivity index (χ1) is 8.26. The molecule has 3 heteroatoms.